The van der Waals surface area contributed by atoms with E-state index in [1.54, 1.807) is 12.4 Å². The molecule has 3 aromatic heterocycles. The lowest BCUT2D eigenvalue weighted by Gasteiger charge is -2.23. The molecule has 0 spiro atoms. The van der Waals surface area contributed by atoms with Crippen LogP contribution >= 0.6 is 0 Å². The van der Waals surface area contributed by atoms with Crippen molar-refractivity contribution in [3.05, 3.63) is 114 Å². The molecule has 1 aliphatic carbocycles. The highest BCUT2D eigenvalue weighted by atomic mass is 14.8. The third kappa shape index (κ3) is 3.22. The fraction of sp³-hybridized carbons (Fsp3) is 0. The third-order valence-corrected chi connectivity index (χ3v) is 6.04. The Morgan fingerprint density at radius 1 is 0.618 bits per heavy atom. The molecule has 2 aromatic carbocycles. The van der Waals surface area contributed by atoms with Crippen molar-refractivity contribution < 1.29 is 0 Å². The fourth-order valence-electron chi connectivity index (χ4n) is 4.38. The topological polar surface area (TPSA) is 86.4 Å². The van der Waals surface area contributed by atoms with Gasteiger partial charge < -0.3 is 0 Å². The molecule has 0 saturated carbocycles. The predicted molar refractivity (Wildman–Crippen MR) is 137 cm³/mol. The average Bonchev–Trinajstić information content (AvgIpc) is 2.91. The highest BCUT2D eigenvalue weighted by Crippen LogP contribution is 2.37. The fourth-order valence-corrected chi connectivity index (χ4v) is 4.38. The molecule has 0 aliphatic heterocycles. The Balaban J connectivity index is 1.56. The van der Waals surface area contributed by atoms with E-state index in [1.165, 1.54) is 0 Å². The summed E-state index contributed by atoms with van der Waals surface area (Å²) in [6.45, 7) is 0. The molecule has 0 fully saturated rings. The molecular weight excluding hydrogens is 418 g/mol. The van der Waals surface area contributed by atoms with Crippen LogP contribution in [0.15, 0.2) is 97.3 Å². The van der Waals surface area contributed by atoms with E-state index in [4.69, 9.17) is 15.8 Å². The maximum absolute atomic E-state index is 8.95. The predicted octanol–water partition coefficient (Wildman–Crippen LogP) is 6.30. The summed E-state index contributed by atoms with van der Waals surface area (Å²) in [5.74, 6) is 0. The summed E-state index contributed by atoms with van der Waals surface area (Å²) in [7, 11) is 0. The Labute approximate surface area is 196 Å². The quantitative estimate of drug-likeness (QED) is 0.347. The van der Waals surface area contributed by atoms with Gasteiger partial charge in [0.25, 0.3) is 0 Å². The first kappa shape index (κ1) is 19.9. The van der Waals surface area contributed by atoms with Crippen molar-refractivity contribution in [3.63, 3.8) is 0 Å². The molecule has 0 amide bonds. The SMILES string of the molecule is N=C1C(=N)c2c(c(-c3ccccc3)nc3ccccc23)C=C1c1ccc(-c2ccccn2)nc1. The molecule has 0 saturated heterocycles. The van der Waals surface area contributed by atoms with E-state index in [1.807, 2.05) is 91.0 Å². The molecule has 0 bridgehead atoms. The normalized spacial score (nSPS) is 13.0. The van der Waals surface area contributed by atoms with Gasteiger partial charge in [-0.2, -0.15) is 0 Å². The van der Waals surface area contributed by atoms with Crippen LogP contribution in [0.25, 0.3) is 45.2 Å². The minimum Gasteiger partial charge on any atom is -0.298 e. The molecule has 1 aliphatic rings. The van der Waals surface area contributed by atoms with Crippen molar-refractivity contribution in [3.8, 4) is 22.6 Å². The highest BCUT2D eigenvalue weighted by molar-refractivity contribution is 6.64. The van der Waals surface area contributed by atoms with E-state index < -0.39 is 0 Å². The zero-order valence-corrected chi connectivity index (χ0v) is 18.2. The number of allylic oxidation sites excluding steroid dienone is 1. The van der Waals surface area contributed by atoms with Gasteiger partial charge in [0, 0.05) is 45.6 Å². The van der Waals surface area contributed by atoms with Crippen molar-refractivity contribution in [1.29, 1.82) is 10.8 Å². The molecule has 6 rings (SSSR count). The van der Waals surface area contributed by atoms with E-state index in [0.717, 1.165) is 50.2 Å². The Bertz CT molecular complexity index is 1600. The summed E-state index contributed by atoms with van der Waals surface area (Å²) >= 11 is 0. The second-order valence-corrected chi connectivity index (χ2v) is 8.09. The van der Waals surface area contributed by atoms with Crippen molar-refractivity contribution in [2.45, 2.75) is 0 Å². The van der Waals surface area contributed by atoms with Crippen LogP contribution in [-0.2, 0) is 0 Å². The molecule has 5 nitrogen and oxygen atoms in total. The van der Waals surface area contributed by atoms with Gasteiger partial charge >= 0.3 is 0 Å². The zero-order valence-electron chi connectivity index (χ0n) is 18.2. The summed E-state index contributed by atoms with van der Waals surface area (Å²) in [6.07, 6.45) is 5.47. The molecule has 34 heavy (non-hydrogen) atoms. The molecular formula is C29H19N5. The van der Waals surface area contributed by atoms with Gasteiger partial charge in [-0.3, -0.25) is 20.8 Å². The second-order valence-electron chi connectivity index (χ2n) is 8.09. The smallest absolute Gasteiger partial charge is 0.0886 e. The highest BCUT2D eigenvalue weighted by Gasteiger charge is 2.27. The number of hydrogen-bond donors (Lipinski definition) is 2. The van der Waals surface area contributed by atoms with Crippen LogP contribution in [0.4, 0.5) is 0 Å². The monoisotopic (exact) mass is 437 g/mol. The van der Waals surface area contributed by atoms with Crippen LogP contribution in [0.1, 0.15) is 16.7 Å². The van der Waals surface area contributed by atoms with Crippen molar-refractivity contribution in [2.75, 3.05) is 0 Å². The minimum atomic E-state index is 0.176. The van der Waals surface area contributed by atoms with Gasteiger partial charge in [0.2, 0.25) is 0 Å². The zero-order chi connectivity index (χ0) is 23.1. The van der Waals surface area contributed by atoms with E-state index in [-0.39, 0.29) is 11.4 Å². The summed E-state index contributed by atoms with van der Waals surface area (Å²) in [5.41, 5.74) is 7.57. The van der Waals surface area contributed by atoms with Gasteiger partial charge in [-0.15, -0.1) is 0 Å². The van der Waals surface area contributed by atoms with Crippen LogP contribution < -0.4 is 0 Å². The summed E-state index contributed by atoms with van der Waals surface area (Å²) in [5, 5.41) is 18.7. The first-order valence-electron chi connectivity index (χ1n) is 11.0. The van der Waals surface area contributed by atoms with Crippen LogP contribution in [0.5, 0.6) is 0 Å². The van der Waals surface area contributed by atoms with Crippen LogP contribution in [-0.4, -0.2) is 26.4 Å². The van der Waals surface area contributed by atoms with Crippen LogP contribution in [0.2, 0.25) is 0 Å². The summed E-state index contributed by atoms with van der Waals surface area (Å²) in [6, 6.07) is 27.4. The Morgan fingerprint density at radius 2 is 1.38 bits per heavy atom. The van der Waals surface area contributed by atoms with E-state index in [2.05, 4.69) is 9.97 Å². The van der Waals surface area contributed by atoms with Gasteiger partial charge in [0.1, 0.15) is 0 Å². The van der Waals surface area contributed by atoms with E-state index in [9.17, 15) is 0 Å². The van der Waals surface area contributed by atoms with Gasteiger partial charge in [0.15, 0.2) is 0 Å². The Hall–Kier alpha value is -4.77. The number of hydrogen-bond acceptors (Lipinski definition) is 5. The van der Waals surface area contributed by atoms with E-state index >= 15 is 0 Å². The molecule has 3 heterocycles. The first-order chi connectivity index (χ1) is 16.7. The number of fused-ring (bicyclic) bond motifs is 3. The molecule has 0 radical (unpaired) electrons. The molecule has 0 atom stereocenters. The largest absolute Gasteiger partial charge is 0.298 e. The van der Waals surface area contributed by atoms with Gasteiger partial charge in [-0.05, 0) is 30.3 Å². The number of nitrogens with one attached hydrogen (secondary N) is 2. The lowest BCUT2D eigenvalue weighted by Crippen LogP contribution is -2.21. The van der Waals surface area contributed by atoms with E-state index in [0.29, 0.717) is 5.57 Å². The number of aromatic nitrogens is 3. The van der Waals surface area contributed by atoms with Gasteiger partial charge in [-0.1, -0.05) is 60.7 Å². The summed E-state index contributed by atoms with van der Waals surface area (Å²) in [4.78, 5) is 13.9. The van der Waals surface area contributed by atoms with Crippen molar-refractivity contribution >= 4 is 34.0 Å². The molecule has 2 N–H and O–H groups in total. The number of para-hydroxylation sites is 1. The summed E-state index contributed by atoms with van der Waals surface area (Å²) < 4.78 is 0. The van der Waals surface area contributed by atoms with Crippen LogP contribution in [0, 0.1) is 10.8 Å². The molecule has 160 valence electrons. The lowest BCUT2D eigenvalue weighted by atomic mass is 9.82. The van der Waals surface area contributed by atoms with Crippen LogP contribution in [0.3, 0.4) is 0 Å². The Kier molecular flexibility index (Phi) is 4.66. The molecule has 5 heteroatoms. The minimum absolute atomic E-state index is 0.176. The van der Waals surface area contributed by atoms with Gasteiger partial charge in [0.05, 0.1) is 34.0 Å². The Morgan fingerprint density at radius 3 is 2.15 bits per heavy atom. The maximum atomic E-state index is 8.95. The van der Waals surface area contributed by atoms with Crippen molar-refractivity contribution in [2.24, 2.45) is 0 Å². The second kappa shape index (κ2) is 7.98. The number of nitrogens with zero attached hydrogens (tertiary/aromatic N) is 3. The number of pyridine rings is 3. The van der Waals surface area contributed by atoms with Crippen molar-refractivity contribution in [1.82, 2.24) is 15.0 Å². The third-order valence-electron chi connectivity index (χ3n) is 6.04. The van der Waals surface area contributed by atoms with Gasteiger partial charge in [-0.25, -0.2) is 4.98 Å². The molecule has 0 unspecified atom stereocenters. The first-order valence-corrected chi connectivity index (χ1v) is 11.0. The molecule has 5 aromatic rings. The number of rotatable bonds is 3. The lowest BCUT2D eigenvalue weighted by molar-refractivity contribution is 1.24. The maximum Gasteiger partial charge on any atom is 0.0886 e. The standard InChI is InChI=1S/C29H19N5/c30-27-21(19-13-14-25(33-17-19)24-12-6-7-15-32-24)16-22-26(28(27)31)20-10-4-5-11-23(20)34-29(22)18-8-2-1-3-9-18/h1-17,30-31H. The number of benzene rings is 2. The average molecular weight is 438 g/mol.